The summed E-state index contributed by atoms with van der Waals surface area (Å²) in [5.41, 5.74) is 2.74. The zero-order valence-electron chi connectivity index (χ0n) is 14.0. The van der Waals surface area contributed by atoms with Crippen molar-refractivity contribution in [2.75, 3.05) is 13.2 Å². The summed E-state index contributed by atoms with van der Waals surface area (Å²) in [6.45, 7) is 1.04. The molecule has 1 aromatic heterocycles. The van der Waals surface area contributed by atoms with E-state index in [2.05, 4.69) is 4.98 Å². The standard InChI is InChI=1S/C20H16N2O3S/c23-19-14-8-7-12(18-21-16-5-1-2-6-17(16)26-18)10-15(14)20(24)22(19)11-13-4-3-9-25-13/h1-2,5-8,10,13H,3-4,9,11H2. The zero-order valence-corrected chi connectivity index (χ0v) is 14.8. The smallest absolute Gasteiger partial charge is 0.261 e. The summed E-state index contributed by atoms with van der Waals surface area (Å²) >= 11 is 1.58. The van der Waals surface area contributed by atoms with Gasteiger partial charge in [0.1, 0.15) is 5.01 Å². The highest BCUT2D eigenvalue weighted by Crippen LogP contribution is 2.33. The second-order valence-corrected chi connectivity index (χ2v) is 7.63. The van der Waals surface area contributed by atoms with Crippen LogP contribution in [0, 0.1) is 0 Å². The van der Waals surface area contributed by atoms with Crippen LogP contribution < -0.4 is 0 Å². The number of hydrogen-bond donors (Lipinski definition) is 0. The highest BCUT2D eigenvalue weighted by atomic mass is 32.1. The largest absolute Gasteiger partial charge is 0.376 e. The minimum Gasteiger partial charge on any atom is -0.376 e. The van der Waals surface area contributed by atoms with Gasteiger partial charge in [-0.05, 0) is 37.1 Å². The summed E-state index contributed by atoms with van der Waals surface area (Å²) in [6, 6.07) is 13.4. The number of thiazole rings is 1. The maximum atomic E-state index is 12.8. The normalized spacial score (nSPS) is 19.5. The first-order chi connectivity index (χ1) is 12.7. The number of nitrogens with zero attached hydrogens (tertiary/aromatic N) is 2. The van der Waals surface area contributed by atoms with Gasteiger partial charge < -0.3 is 4.74 Å². The van der Waals surface area contributed by atoms with Gasteiger partial charge in [0, 0.05) is 12.2 Å². The molecule has 26 heavy (non-hydrogen) atoms. The van der Waals surface area contributed by atoms with Crippen LogP contribution in [0.25, 0.3) is 20.8 Å². The van der Waals surface area contributed by atoms with Crippen molar-refractivity contribution in [1.82, 2.24) is 9.88 Å². The molecule has 3 aromatic rings. The number of fused-ring (bicyclic) bond motifs is 2. The average molecular weight is 364 g/mol. The first-order valence-corrected chi connectivity index (χ1v) is 9.50. The molecule has 0 radical (unpaired) electrons. The number of amides is 2. The lowest BCUT2D eigenvalue weighted by Gasteiger charge is -2.17. The summed E-state index contributed by atoms with van der Waals surface area (Å²) in [4.78, 5) is 31.4. The van der Waals surface area contributed by atoms with Crippen molar-refractivity contribution < 1.29 is 14.3 Å². The second-order valence-electron chi connectivity index (χ2n) is 6.60. The molecule has 0 spiro atoms. The first kappa shape index (κ1) is 15.7. The number of aromatic nitrogens is 1. The predicted molar refractivity (Wildman–Crippen MR) is 99.4 cm³/mol. The average Bonchev–Trinajstić information content (AvgIpc) is 3.37. The topological polar surface area (TPSA) is 59.5 Å². The van der Waals surface area contributed by atoms with Crippen LogP contribution in [0.4, 0.5) is 0 Å². The van der Waals surface area contributed by atoms with Crippen LogP contribution in [0.1, 0.15) is 33.6 Å². The van der Waals surface area contributed by atoms with E-state index in [9.17, 15) is 9.59 Å². The maximum Gasteiger partial charge on any atom is 0.261 e. The molecule has 0 N–H and O–H groups in total. The third kappa shape index (κ3) is 2.45. The summed E-state index contributed by atoms with van der Waals surface area (Å²) in [5.74, 6) is -0.459. The predicted octanol–water partition coefficient (Wildman–Crippen LogP) is 3.74. The van der Waals surface area contributed by atoms with Gasteiger partial charge in [0.2, 0.25) is 0 Å². The Kier molecular flexibility index (Phi) is 3.62. The Labute approximate surface area is 154 Å². The molecule has 130 valence electrons. The summed E-state index contributed by atoms with van der Waals surface area (Å²) < 4.78 is 6.68. The molecule has 5 rings (SSSR count). The molecule has 0 aliphatic carbocycles. The molecule has 1 saturated heterocycles. The summed E-state index contributed by atoms with van der Waals surface area (Å²) in [6.07, 6.45) is 1.83. The van der Waals surface area contributed by atoms with Crippen molar-refractivity contribution >= 4 is 33.4 Å². The van der Waals surface area contributed by atoms with Gasteiger partial charge in [-0.1, -0.05) is 18.2 Å². The van der Waals surface area contributed by atoms with Crippen molar-refractivity contribution in [2.45, 2.75) is 18.9 Å². The fourth-order valence-corrected chi connectivity index (χ4v) is 4.54. The van der Waals surface area contributed by atoms with Crippen molar-refractivity contribution in [1.29, 1.82) is 0 Å². The van der Waals surface area contributed by atoms with E-state index in [1.165, 1.54) is 4.90 Å². The van der Waals surface area contributed by atoms with Crippen molar-refractivity contribution in [3.63, 3.8) is 0 Å². The number of imide groups is 1. The zero-order chi connectivity index (χ0) is 17.7. The van der Waals surface area contributed by atoms with Crippen LogP contribution >= 0.6 is 11.3 Å². The number of carbonyl (C=O) groups excluding carboxylic acids is 2. The Balaban J connectivity index is 1.49. The molecule has 2 aliphatic heterocycles. The van der Waals surface area contributed by atoms with Crippen molar-refractivity contribution in [3.05, 3.63) is 53.6 Å². The van der Waals surface area contributed by atoms with Crippen LogP contribution in [-0.4, -0.2) is 41.0 Å². The minimum absolute atomic E-state index is 0.0408. The summed E-state index contributed by atoms with van der Waals surface area (Å²) in [7, 11) is 0. The molecule has 2 aliphatic rings. The van der Waals surface area contributed by atoms with Gasteiger partial charge in [-0.25, -0.2) is 4.98 Å². The lowest BCUT2D eigenvalue weighted by Crippen LogP contribution is -2.36. The Morgan fingerprint density at radius 2 is 1.96 bits per heavy atom. The molecule has 0 bridgehead atoms. The fourth-order valence-electron chi connectivity index (χ4n) is 3.58. The van der Waals surface area contributed by atoms with Gasteiger partial charge in [-0.15, -0.1) is 11.3 Å². The third-order valence-electron chi connectivity index (χ3n) is 4.92. The molecule has 1 fully saturated rings. The quantitative estimate of drug-likeness (QED) is 0.664. The van der Waals surface area contributed by atoms with Gasteiger partial charge in [0.25, 0.3) is 11.8 Å². The number of para-hydroxylation sites is 1. The van der Waals surface area contributed by atoms with E-state index in [-0.39, 0.29) is 17.9 Å². The Hall–Kier alpha value is -2.57. The van der Waals surface area contributed by atoms with Gasteiger partial charge in [-0.3, -0.25) is 14.5 Å². The molecule has 1 unspecified atom stereocenters. The van der Waals surface area contributed by atoms with E-state index in [4.69, 9.17) is 4.74 Å². The maximum absolute atomic E-state index is 12.8. The lowest BCUT2D eigenvalue weighted by atomic mass is 10.1. The van der Waals surface area contributed by atoms with E-state index in [0.717, 1.165) is 33.6 Å². The fraction of sp³-hybridized carbons (Fsp3) is 0.250. The Bertz CT molecular complexity index is 1000. The first-order valence-electron chi connectivity index (χ1n) is 8.68. The van der Waals surface area contributed by atoms with E-state index in [1.54, 1.807) is 23.5 Å². The molecule has 1 atom stereocenters. The molecule has 5 nitrogen and oxygen atoms in total. The number of benzene rings is 2. The van der Waals surface area contributed by atoms with Crippen LogP contribution in [-0.2, 0) is 4.74 Å². The number of hydrogen-bond acceptors (Lipinski definition) is 5. The molecule has 6 heteroatoms. The van der Waals surface area contributed by atoms with E-state index < -0.39 is 0 Å². The highest BCUT2D eigenvalue weighted by Gasteiger charge is 2.37. The molecular weight excluding hydrogens is 348 g/mol. The Morgan fingerprint density at radius 1 is 1.12 bits per heavy atom. The van der Waals surface area contributed by atoms with Crippen LogP contribution in [0.3, 0.4) is 0 Å². The van der Waals surface area contributed by atoms with Crippen molar-refractivity contribution in [3.8, 4) is 10.6 Å². The van der Waals surface area contributed by atoms with Crippen LogP contribution in [0.15, 0.2) is 42.5 Å². The third-order valence-corrected chi connectivity index (χ3v) is 6.01. The molecule has 2 amide bonds. The summed E-state index contributed by atoms with van der Waals surface area (Å²) in [5, 5.41) is 0.854. The van der Waals surface area contributed by atoms with Crippen LogP contribution in [0.2, 0.25) is 0 Å². The van der Waals surface area contributed by atoms with E-state index in [0.29, 0.717) is 24.3 Å². The monoisotopic (exact) mass is 364 g/mol. The Morgan fingerprint density at radius 3 is 2.77 bits per heavy atom. The van der Waals surface area contributed by atoms with Crippen molar-refractivity contribution in [2.24, 2.45) is 0 Å². The molecular formula is C20H16N2O3S. The van der Waals surface area contributed by atoms with Gasteiger partial charge >= 0.3 is 0 Å². The second kappa shape index (κ2) is 6.00. The van der Waals surface area contributed by atoms with E-state index in [1.807, 2.05) is 30.3 Å². The number of carbonyl (C=O) groups is 2. The van der Waals surface area contributed by atoms with Gasteiger partial charge in [0.05, 0.1) is 34.0 Å². The number of rotatable bonds is 3. The lowest BCUT2D eigenvalue weighted by molar-refractivity contribution is 0.0475. The minimum atomic E-state index is -0.233. The van der Waals surface area contributed by atoms with E-state index >= 15 is 0 Å². The number of ether oxygens (including phenoxy) is 1. The molecule has 0 saturated carbocycles. The molecule has 2 aromatic carbocycles. The highest BCUT2D eigenvalue weighted by molar-refractivity contribution is 7.21. The van der Waals surface area contributed by atoms with Gasteiger partial charge in [0.15, 0.2) is 0 Å². The SMILES string of the molecule is O=C1c2ccc(-c3nc4ccccc4s3)cc2C(=O)N1CC1CCCO1. The van der Waals surface area contributed by atoms with Crippen LogP contribution in [0.5, 0.6) is 0 Å². The molecule has 3 heterocycles. The van der Waals surface area contributed by atoms with Gasteiger partial charge in [-0.2, -0.15) is 0 Å².